The molecule has 54 valence electrons. The first-order chi connectivity index (χ1) is 4.77. The maximum absolute atomic E-state index is 10.4. The van der Waals surface area contributed by atoms with Gasteiger partial charge in [-0.05, 0) is 6.92 Å². The average Bonchev–Trinajstić information content (AvgIpc) is 1.87. The van der Waals surface area contributed by atoms with E-state index >= 15 is 0 Å². The fourth-order valence-electron chi connectivity index (χ4n) is 0.455. The second-order valence-corrected chi connectivity index (χ2v) is 1.95. The lowest BCUT2D eigenvalue weighted by Gasteiger charge is -1.79. The van der Waals surface area contributed by atoms with Crippen molar-refractivity contribution in [2.75, 3.05) is 0 Å². The molecule has 0 unspecified atom stereocenters. The molecule has 0 N–H and O–H groups in total. The molecule has 0 bridgehead atoms. The van der Waals surface area contributed by atoms with Gasteiger partial charge in [-0.15, -0.1) is 0 Å². The van der Waals surface area contributed by atoms with Crippen LogP contribution in [0.1, 0.15) is 13.3 Å². The van der Waals surface area contributed by atoms with Crippen molar-refractivity contribution in [2.45, 2.75) is 13.3 Å². The van der Waals surface area contributed by atoms with Gasteiger partial charge in [0, 0.05) is 6.42 Å². The van der Waals surface area contributed by atoms with Crippen molar-refractivity contribution in [3.63, 3.8) is 0 Å². The molecule has 0 aliphatic heterocycles. The fourth-order valence-corrected chi connectivity index (χ4v) is 0.455. The van der Waals surface area contributed by atoms with Gasteiger partial charge >= 0.3 is 0 Å². The Morgan fingerprint density at radius 2 is 2.10 bits per heavy atom. The highest BCUT2D eigenvalue weighted by Gasteiger charge is 1.82. The molecule has 10 heavy (non-hydrogen) atoms. The molecule has 1 heteroatoms. The highest BCUT2D eigenvalue weighted by molar-refractivity contribution is 5.76. The number of allylic oxidation sites excluding steroid dienone is 5. The summed E-state index contributed by atoms with van der Waals surface area (Å²) in [6.45, 7) is 5.08. The van der Waals surface area contributed by atoms with E-state index in [9.17, 15) is 4.79 Å². The van der Waals surface area contributed by atoms with Gasteiger partial charge in [-0.25, -0.2) is 0 Å². The largest absolute Gasteiger partial charge is 0.300 e. The Hall–Kier alpha value is -1.11. The second-order valence-electron chi connectivity index (χ2n) is 1.95. The van der Waals surface area contributed by atoms with Crippen molar-refractivity contribution in [1.29, 1.82) is 0 Å². The number of rotatable bonds is 4. The van der Waals surface area contributed by atoms with E-state index < -0.39 is 0 Å². The van der Waals surface area contributed by atoms with Crippen LogP contribution < -0.4 is 0 Å². The van der Waals surface area contributed by atoms with Crippen molar-refractivity contribution in [3.05, 3.63) is 37.0 Å². The van der Waals surface area contributed by atoms with Gasteiger partial charge in [-0.3, -0.25) is 4.79 Å². The van der Waals surface area contributed by atoms with Gasteiger partial charge in [0.15, 0.2) is 0 Å². The molecule has 0 aromatic heterocycles. The van der Waals surface area contributed by atoms with Gasteiger partial charge < -0.3 is 0 Å². The van der Waals surface area contributed by atoms with Crippen molar-refractivity contribution in [2.24, 2.45) is 0 Å². The third kappa shape index (κ3) is 6.89. The van der Waals surface area contributed by atoms with Gasteiger partial charge in [-0.2, -0.15) is 0 Å². The molecule has 0 heterocycles. The Kier molecular flexibility index (Phi) is 5.35. The SMILES string of the molecule is C=C/C=C\C=C/CC(C)=O. The predicted molar refractivity (Wildman–Crippen MR) is 43.8 cm³/mol. The van der Waals surface area contributed by atoms with Gasteiger partial charge in [0.1, 0.15) is 5.78 Å². The van der Waals surface area contributed by atoms with Gasteiger partial charge in [0.2, 0.25) is 0 Å². The summed E-state index contributed by atoms with van der Waals surface area (Å²) in [5, 5.41) is 0. The van der Waals surface area contributed by atoms with Crippen LogP contribution >= 0.6 is 0 Å². The number of carbonyl (C=O) groups excluding carboxylic acids is 1. The summed E-state index contributed by atoms with van der Waals surface area (Å²) in [5.41, 5.74) is 0. The summed E-state index contributed by atoms with van der Waals surface area (Å²) >= 11 is 0. The number of carbonyl (C=O) groups is 1. The minimum atomic E-state index is 0.184. The van der Waals surface area contributed by atoms with Crippen molar-refractivity contribution < 1.29 is 4.79 Å². The molecule has 0 rings (SSSR count). The highest BCUT2D eigenvalue weighted by atomic mass is 16.1. The molecular weight excluding hydrogens is 124 g/mol. The number of hydrogen-bond acceptors (Lipinski definition) is 1. The van der Waals surface area contributed by atoms with Crippen molar-refractivity contribution in [3.8, 4) is 0 Å². The number of ketones is 1. The van der Waals surface area contributed by atoms with E-state index in [0.717, 1.165) is 0 Å². The molecule has 0 amide bonds. The summed E-state index contributed by atoms with van der Waals surface area (Å²) in [7, 11) is 0. The molecule has 0 aromatic rings. The van der Waals surface area contributed by atoms with Crippen molar-refractivity contribution in [1.82, 2.24) is 0 Å². The Balaban J connectivity index is 3.46. The van der Waals surface area contributed by atoms with Gasteiger partial charge in [0.25, 0.3) is 0 Å². The van der Waals surface area contributed by atoms with Crippen LogP contribution in [0.3, 0.4) is 0 Å². The zero-order valence-electron chi connectivity index (χ0n) is 6.21. The lowest BCUT2D eigenvalue weighted by Crippen LogP contribution is -1.82. The monoisotopic (exact) mass is 136 g/mol. The normalized spacial score (nSPS) is 10.9. The van der Waals surface area contributed by atoms with E-state index in [2.05, 4.69) is 6.58 Å². The van der Waals surface area contributed by atoms with E-state index in [0.29, 0.717) is 6.42 Å². The third-order valence-corrected chi connectivity index (χ3v) is 0.900. The summed E-state index contributed by atoms with van der Waals surface area (Å²) in [4.78, 5) is 10.4. The summed E-state index contributed by atoms with van der Waals surface area (Å²) in [5.74, 6) is 0.184. The van der Waals surface area contributed by atoms with Crippen LogP contribution in [-0.4, -0.2) is 5.78 Å². The molecular formula is C9H12O. The number of Topliss-reactive ketones (excluding diaryl/α,β-unsaturated/α-hetero) is 1. The summed E-state index contributed by atoms with van der Waals surface area (Å²) < 4.78 is 0. The Morgan fingerprint density at radius 1 is 1.40 bits per heavy atom. The van der Waals surface area contributed by atoms with E-state index in [1.165, 1.54) is 0 Å². The second kappa shape index (κ2) is 6.02. The molecule has 0 saturated heterocycles. The first kappa shape index (κ1) is 8.89. The Morgan fingerprint density at radius 3 is 2.60 bits per heavy atom. The molecule has 0 spiro atoms. The molecule has 0 aliphatic carbocycles. The van der Waals surface area contributed by atoms with Crippen LogP contribution in [0.15, 0.2) is 37.0 Å². The zero-order valence-corrected chi connectivity index (χ0v) is 6.21. The minimum absolute atomic E-state index is 0.184. The van der Waals surface area contributed by atoms with Crippen LogP contribution in [0.5, 0.6) is 0 Å². The fraction of sp³-hybridized carbons (Fsp3) is 0.222. The Bertz CT molecular complexity index is 164. The first-order valence-corrected chi connectivity index (χ1v) is 3.21. The van der Waals surface area contributed by atoms with E-state index in [1.54, 1.807) is 13.0 Å². The quantitative estimate of drug-likeness (QED) is 0.542. The molecule has 1 nitrogen and oxygen atoms in total. The van der Waals surface area contributed by atoms with Crippen LogP contribution in [-0.2, 0) is 4.79 Å². The summed E-state index contributed by atoms with van der Waals surface area (Å²) in [6, 6.07) is 0. The van der Waals surface area contributed by atoms with Crippen LogP contribution in [0.25, 0.3) is 0 Å². The minimum Gasteiger partial charge on any atom is -0.300 e. The topological polar surface area (TPSA) is 17.1 Å². The maximum atomic E-state index is 10.4. The highest BCUT2D eigenvalue weighted by Crippen LogP contribution is 1.85. The third-order valence-electron chi connectivity index (χ3n) is 0.900. The number of hydrogen-bond donors (Lipinski definition) is 0. The lowest BCUT2D eigenvalue weighted by atomic mass is 10.3. The van der Waals surface area contributed by atoms with Gasteiger partial charge in [0.05, 0.1) is 0 Å². The first-order valence-electron chi connectivity index (χ1n) is 3.21. The Labute approximate surface area is 61.8 Å². The standard InChI is InChI=1S/C9H12O/c1-3-4-5-6-7-8-9(2)10/h3-7H,1,8H2,2H3/b5-4-,7-6-. The molecule has 0 fully saturated rings. The van der Waals surface area contributed by atoms with Crippen LogP contribution in [0.2, 0.25) is 0 Å². The van der Waals surface area contributed by atoms with Crippen LogP contribution in [0.4, 0.5) is 0 Å². The van der Waals surface area contributed by atoms with E-state index in [1.807, 2.05) is 24.3 Å². The molecule has 0 saturated carbocycles. The van der Waals surface area contributed by atoms with Gasteiger partial charge in [-0.1, -0.05) is 37.0 Å². The van der Waals surface area contributed by atoms with Crippen molar-refractivity contribution >= 4 is 5.78 Å². The molecule has 0 aliphatic rings. The van der Waals surface area contributed by atoms with E-state index in [-0.39, 0.29) is 5.78 Å². The molecule has 0 radical (unpaired) electrons. The molecule has 0 aromatic carbocycles. The molecule has 0 atom stereocenters. The summed E-state index contributed by atoms with van der Waals surface area (Å²) in [6.07, 6.45) is 9.53. The average molecular weight is 136 g/mol. The van der Waals surface area contributed by atoms with E-state index in [4.69, 9.17) is 0 Å². The zero-order chi connectivity index (χ0) is 7.82. The lowest BCUT2D eigenvalue weighted by molar-refractivity contribution is -0.116. The maximum Gasteiger partial charge on any atom is 0.133 e. The smallest absolute Gasteiger partial charge is 0.133 e. The van der Waals surface area contributed by atoms with Crippen LogP contribution in [0, 0.1) is 0 Å². The predicted octanol–water partition coefficient (Wildman–Crippen LogP) is 2.26.